The van der Waals surface area contributed by atoms with Gasteiger partial charge in [0.05, 0.1) is 11.6 Å². The fraction of sp³-hybridized carbons (Fsp3) is 0.800. The van der Waals surface area contributed by atoms with Crippen molar-refractivity contribution < 1.29 is 4.79 Å². The van der Waals surface area contributed by atoms with Gasteiger partial charge in [-0.3, -0.25) is 10.1 Å². The lowest BCUT2D eigenvalue weighted by atomic mass is 9.82. The molecule has 1 aliphatic carbocycles. The quantitative estimate of drug-likeness (QED) is 0.730. The molecule has 1 N–H and O–H groups in total. The minimum Gasteiger partial charge on any atom is -0.343 e. The summed E-state index contributed by atoms with van der Waals surface area (Å²) in [6.45, 7) is 4.17. The highest BCUT2D eigenvalue weighted by molar-refractivity contribution is 6.02. The summed E-state index contributed by atoms with van der Waals surface area (Å²) < 4.78 is 0. The number of nitrogens with one attached hydrogen (secondary N) is 1. The van der Waals surface area contributed by atoms with Crippen molar-refractivity contribution in [2.45, 2.75) is 51.0 Å². The SMILES string of the molecule is CC1CCN(C2=NC3(CCCC3)C(C#N)C(=O)N2)CC1. The Hall–Kier alpha value is -1.57. The Balaban J connectivity index is 1.86. The van der Waals surface area contributed by atoms with Crippen LogP contribution in [0.5, 0.6) is 0 Å². The first-order valence-corrected chi connectivity index (χ1v) is 7.70. The zero-order valence-corrected chi connectivity index (χ0v) is 12.1. The maximum absolute atomic E-state index is 12.3. The van der Waals surface area contributed by atoms with Gasteiger partial charge in [0.1, 0.15) is 0 Å². The Labute approximate surface area is 120 Å². The second-order valence-corrected chi connectivity index (χ2v) is 6.47. The number of nitriles is 1. The highest BCUT2D eigenvalue weighted by Crippen LogP contribution is 2.41. The van der Waals surface area contributed by atoms with E-state index in [0.29, 0.717) is 0 Å². The number of rotatable bonds is 0. The maximum atomic E-state index is 12.3. The molecule has 1 atom stereocenters. The second-order valence-electron chi connectivity index (χ2n) is 6.47. The third kappa shape index (κ3) is 2.17. The van der Waals surface area contributed by atoms with E-state index in [1.807, 2.05) is 0 Å². The fourth-order valence-electron chi connectivity index (χ4n) is 3.67. The van der Waals surface area contributed by atoms with Crippen molar-refractivity contribution in [3.05, 3.63) is 0 Å². The third-order valence-electron chi connectivity index (χ3n) is 5.04. The lowest BCUT2D eigenvalue weighted by Crippen LogP contribution is -2.57. The first kappa shape index (κ1) is 13.4. The topological polar surface area (TPSA) is 68.5 Å². The number of amides is 1. The van der Waals surface area contributed by atoms with E-state index >= 15 is 0 Å². The van der Waals surface area contributed by atoms with Crippen molar-refractivity contribution >= 4 is 11.9 Å². The Bertz CT molecular complexity index is 465. The number of aliphatic imine (C=N–C) groups is 1. The summed E-state index contributed by atoms with van der Waals surface area (Å²) in [5.41, 5.74) is -0.449. The monoisotopic (exact) mass is 274 g/mol. The fourth-order valence-corrected chi connectivity index (χ4v) is 3.67. The smallest absolute Gasteiger partial charge is 0.246 e. The molecule has 0 aromatic rings. The average molecular weight is 274 g/mol. The molecule has 1 unspecified atom stereocenters. The predicted octanol–water partition coefficient (Wildman–Crippen LogP) is 1.66. The molecule has 1 spiro atoms. The van der Waals surface area contributed by atoms with Crippen LogP contribution < -0.4 is 5.32 Å². The number of nitrogens with zero attached hydrogens (tertiary/aromatic N) is 3. The Kier molecular flexibility index (Phi) is 3.41. The van der Waals surface area contributed by atoms with E-state index in [1.54, 1.807) is 0 Å². The van der Waals surface area contributed by atoms with Gasteiger partial charge in [0, 0.05) is 13.1 Å². The van der Waals surface area contributed by atoms with Gasteiger partial charge in [0.2, 0.25) is 11.9 Å². The van der Waals surface area contributed by atoms with Gasteiger partial charge in [0.15, 0.2) is 5.92 Å². The van der Waals surface area contributed by atoms with Gasteiger partial charge in [0.25, 0.3) is 0 Å². The van der Waals surface area contributed by atoms with Crippen LogP contribution in [-0.4, -0.2) is 35.4 Å². The Morgan fingerprint density at radius 1 is 1.35 bits per heavy atom. The molecule has 0 radical (unpaired) electrons. The van der Waals surface area contributed by atoms with E-state index in [1.165, 1.54) is 0 Å². The lowest BCUT2D eigenvalue weighted by molar-refractivity contribution is -0.124. The van der Waals surface area contributed by atoms with E-state index in [0.717, 1.165) is 63.5 Å². The van der Waals surface area contributed by atoms with E-state index in [9.17, 15) is 10.1 Å². The van der Waals surface area contributed by atoms with Gasteiger partial charge < -0.3 is 4.90 Å². The normalized spacial score (nSPS) is 30.0. The largest absolute Gasteiger partial charge is 0.343 e. The summed E-state index contributed by atoms with van der Waals surface area (Å²) >= 11 is 0. The van der Waals surface area contributed by atoms with Crippen LogP contribution in [0.4, 0.5) is 0 Å². The standard InChI is InChI=1S/C15H22N4O/c1-11-4-8-19(9-5-11)14-17-13(20)12(10-16)15(18-14)6-2-3-7-15/h11-12H,2-9H2,1H3,(H,17,18,20). The molecule has 3 aliphatic rings. The van der Waals surface area contributed by atoms with Crippen molar-refractivity contribution in [2.75, 3.05) is 13.1 Å². The third-order valence-corrected chi connectivity index (χ3v) is 5.04. The molecule has 2 aliphatic heterocycles. The molecule has 5 nitrogen and oxygen atoms in total. The zero-order valence-electron chi connectivity index (χ0n) is 12.1. The van der Waals surface area contributed by atoms with Gasteiger partial charge >= 0.3 is 0 Å². The van der Waals surface area contributed by atoms with Gasteiger partial charge in [-0.2, -0.15) is 5.26 Å². The molecular weight excluding hydrogens is 252 g/mol. The molecule has 2 fully saturated rings. The Morgan fingerprint density at radius 3 is 2.60 bits per heavy atom. The van der Waals surface area contributed by atoms with Crippen LogP contribution in [-0.2, 0) is 4.79 Å². The van der Waals surface area contributed by atoms with Crippen molar-refractivity contribution in [3.8, 4) is 6.07 Å². The minimum absolute atomic E-state index is 0.155. The van der Waals surface area contributed by atoms with Crippen molar-refractivity contribution in [1.82, 2.24) is 10.2 Å². The number of carbonyl (C=O) groups is 1. The zero-order chi connectivity index (χ0) is 14.2. The lowest BCUT2D eigenvalue weighted by Gasteiger charge is -2.39. The Morgan fingerprint density at radius 2 is 2.00 bits per heavy atom. The van der Waals surface area contributed by atoms with Crippen molar-refractivity contribution in [3.63, 3.8) is 0 Å². The molecule has 3 rings (SSSR count). The number of carbonyl (C=O) groups excluding carboxylic acids is 1. The summed E-state index contributed by atoms with van der Waals surface area (Å²) in [5.74, 6) is 0.698. The highest BCUT2D eigenvalue weighted by Gasteiger charge is 2.49. The van der Waals surface area contributed by atoms with E-state index in [2.05, 4.69) is 23.2 Å². The number of guanidine groups is 1. The van der Waals surface area contributed by atoms with Crippen molar-refractivity contribution in [2.24, 2.45) is 16.8 Å². The number of likely N-dealkylation sites (tertiary alicyclic amines) is 1. The first-order chi connectivity index (χ1) is 9.64. The van der Waals surface area contributed by atoms with Crippen LogP contribution in [0.2, 0.25) is 0 Å². The molecule has 108 valence electrons. The molecule has 1 amide bonds. The predicted molar refractivity (Wildman–Crippen MR) is 75.9 cm³/mol. The van der Waals surface area contributed by atoms with Crippen LogP contribution in [0, 0.1) is 23.2 Å². The van der Waals surface area contributed by atoms with Crippen LogP contribution >= 0.6 is 0 Å². The van der Waals surface area contributed by atoms with Crippen molar-refractivity contribution in [1.29, 1.82) is 5.26 Å². The van der Waals surface area contributed by atoms with Crippen LogP contribution in [0.1, 0.15) is 45.4 Å². The molecule has 5 heteroatoms. The minimum atomic E-state index is -0.613. The highest BCUT2D eigenvalue weighted by atomic mass is 16.2. The van der Waals surface area contributed by atoms with Gasteiger partial charge in [-0.1, -0.05) is 19.8 Å². The molecule has 2 heterocycles. The van der Waals surface area contributed by atoms with E-state index in [-0.39, 0.29) is 5.91 Å². The summed E-state index contributed by atoms with van der Waals surface area (Å²) in [7, 11) is 0. The number of hydrogen-bond donors (Lipinski definition) is 1. The molecule has 1 saturated carbocycles. The number of piperidine rings is 1. The second kappa shape index (κ2) is 5.08. The van der Waals surface area contributed by atoms with Gasteiger partial charge in [-0.05, 0) is 31.6 Å². The van der Waals surface area contributed by atoms with Gasteiger partial charge in [-0.25, -0.2) is 4.99 Å². The van der Waals surface area contributed by atoms with E-state index < -0.39 is 11.5 Å². The molecule has 0 aromatic heterocycles. The summed E-state index contributed by atoms with van der Waals surface area (Å²) in [5, 5.41) is 12.2. The number of hydrogen-bond acceptors (Lipinski definition) is 4. The van der Waals surface area contributed by atoms with Crippen LogP contribution in [0.25, 0.3) is 0 Å². The summed E-state index contributed by atoms with van der Waals surface area (Å²) in [6.07, 6.45) is 6.16. The first-order valence-electron chi connectivity index (χ1n) is 7.70. The molecule has 0 aromatic carbocycles. The van der Waals surface area contributed by atoms with Crippen LogP contribution in [0.3, 0.4) is 0 Å². The molecule has 1 saturated heterocycles. The molecular formula is C15H22N4O. The van der Waals surface area contributed by atoms with E-state index in [4.69, 9.17) is 4.99 Å². The molecule has 20 heavy (non-hydrogen) atoms. The average Bonchev–Trinajstić information content (AvgIpc) is 2.88. The molecule has 0 bridgehead atoms. The van der Waals surface area contributed by atoms with Crippen LogP contribution in [0.15, 0.2) is 4.99 Å². The van der Waals surface area contributed by atoms with Gasteiger partial charge in [-0.15, -0.1) is 0 Å². The summed E-state index contributed by atoms with van der Waals surface area (Å²) in [6, 6.07) is 2.18. The maximum Gasteiger partial charge on any atom is 0.246 e. The summed E-state index contributed by atoms with van der Waals surface area (Å²) in [4.78, 5) is 19.3.